The van der Waals surface area contributed by atoms with Gasteiger partial charge >= 0.3 is 11.7 Å². The van der Waals surface area contributed by atoms with Crippen LogP contribution in [0.3, 0.4) is 0 Å². The lowest BCUT2D eigenvalue weighted by Gasteiger charge is -2.09. The number of benzene rings is 2. The molecular formula is C14H10ClNO5. The largest absolute Gasteiger partial charge is 0.478 e. The number of carboxylic acid groups (broad SMARTS) is 1. The highest BCUT2D eigenvalue weighted by molar-refractivity contribution is 6.31. The van der Waals surface area contributed by atoms with E-state index in [2.05, 4.69) is 0 Å². The molecule has 7 heteroatoms. The van der Waals surface area contributed by atoms with E-state index in [4.69, 9.17) is 21.4 Å². The van der Waals surface area contributed by atoms with E-state index in [0.29, 0.717) is 5.56 Å². The van der Waals surface area contributed by atoms with Gasteiger partial charge in [0.05, 0.1) is 4.92 Å². The summed E-state index contributed by atoms with van der Waals surface area (Å²) < 4.78 is 5.39. The van der Waals surface area contributed by atoms with E-state index in [1.807, 2.05) is 0 Å². The molecule has 0 aliphatic carbocycles. The van der Waals surface area contributed by atoms with Crippen LogP contribution >= 0.6 is 11.6 Å². The maximum Gasteiger partial charge on any atom is 0.339 e. The van der Waals surface area contributed by atoms with Gasteiger partial charge < -0.3 is 9.84 Å². The number of nitrogens with zero attached hydrogens (tertiary/aromatic N) is 1. The van der Waals surface area contributed by atoms with Gasteiger partial charge in [0, 0.05) is 11.1 Å². The van der Waals surface area contributed by atoms with Gasteiger partial charge in [0.2, 0.25) is 5.75 Å². The Hall–Kier alpha value is -2.60. The Balaban J connectivity index is 2.48. The van der Waals surface area contributed by atoms with Crippen LogP contribution in [0.2, 0.25) is 5.02 Å². The van der Waals surface area contributed by atoms with Crippen LogP contribution in [-0.4, -0.2) is 16.0 Å². The van der Waals surface area contributed by atoms with Crippen LogP contribution in [0.1, 0.15) is 15.9 Å². The van der Waals surface area contributed by atoms with Crippen LogP contribution in [0.15, 0.2) is 36.4 Å². The Morgan fingerprint density at radius 3 is 2.52 bits per heavy atom. The maximum atomic E-state index is 11.2. The maximum absolute atomic E-state index is 11.2. The highest BCUT2D eigenvalue weighted by atomic mass is 35.5. The molecule has 21 heavy (non-hydrogen) atoms. The molecule has 0 bridgehead atoms. The first kappa shape index (κ1) is 14.8. The van der Waals surface area contributed by atoms with Crippen molar-refractivity contribution in [2.75, 3.05) is 0 Å². The van der Waals surface area contributed by atoms with Gasteiger partial charge in [0.15, 0.2) is 0 Å². The molecular weight excluding hydrogens is 298 g/mol. The molecule has 0 amide bonds. The fourth-order valence-electron chi connectivity index (χ4n) is 1.73. The predicted octanol–water partition coefficient (Wildman–Crippen LogP) is 4.05. The summed E-state index contributed by atoms with van der Waals surface area (Å²) in [6, 6.07) is 8.44. The molecule has 6 nitrogen and oxygen atoms in total. The van der Waals surface area contributed by atoms with Crippen LogP contribution in [0, 0.1) is 17.0 Å². The van der Waals surface area contributed by atoms with Crippen molar-refractivity contribution in [2.24, 2.45) is 0 Å². The second-order valence-corrected chi connectivity index (χ2v) is 4.71. The number of rotatable bonds is 4. The van der Waals surface area contributed by atoms with E-state index >= 15 is 0 Å². The molecule has 2 aromatic carbocycles. The minimum Gasteiger partial charge on any atom is -0.478 e. The first-order chi connectivity index (χ1) is 9.88. The lowest BCUT2D eigenvalue weighted by atomic mass is 10.2. The molecule has 0 heterocycles. The van der Waals surface area contributed by atoms with E-state index in [-0.39, 0.29) is 27.8 Å². The molecule has 0 aliphatic rings. The van der Waals surface area contributed by atoms with Crippen LogP contribution in [0.5, 0.6) is 11.5 Å². The summed E-state index contributed by atoms with van der Waals surface area (Å²) in [5, 5.41) is 20.4. The Kier molecular flexibility index (Phi) is 4.09. The van der Waals surface area contributed by atoms with Crippen molar-refractivity contribution in [1.29, 1.82) is 0 Å². The number of aromatic carboxylic acids is 1. The van der Waals surface area contributed by atoms with E-state index in [1.165, 1.54) is 30.3 Å². The SMILES string of the molecule is Cc1ccc(Oc2ccc(Cl)cc2C(=O)O)c([N+](=O)[O-])c1. The zero-order valence-corrected chi connectivity index (χ0v) is 11.6. The van der Waals surface area contributed by atoms with Gasteiger partial charge in [-0.15, -0.1) is 0 Å². The summed E-state index contributed by atoms with van der Waals surface area (Å²) in [5.41, 5.74) is 0.294. The molecule has 0 radical (unpaired) electrons. The Labute approximate surface area is 124 Å². The number of hydrogen-bond donors (Lipinski definition) is 1. The van der Waals surface area contributed by atoms with Crippen molar-refractivity contribution in [3.05, 3.63) is 62.7 Å². The standard InChI is InChI=1S/C14H10ClNO5/c1-8-2-4-13(11(6-8)16(19)20)21-12-5-3-9(15)7-10(12)14(17)18/h2-7H,1H3,(H,17,18). The molecule has 0 saturated heterocycles. The van der Waals surface area contributed by atoms with Gasteiger partial charge in [0.1, 0.15) is 11.3 Å². The fraction of sp³-hybridized carbons (Fsp3) is 0.0714. The fourth-order valence-corrected chi connectivity index (χ4v) is 1.91. The zero-order valence-electron chi connectivity index (χ0n) is 10.9. The number of carbonyl (C=O) groups is 1. The number of nitro benzene ring substituents is 1. The second-order valence-electron chi connectivity index (χ2n) is 4.28. The third-order valence-corrected chi connectivity index (χ3v) is 2.94. The van der Waals surface area contributed by atoms with E-state index in [0.717, 1.165) is 0 Å². The number of ether oxygens (including phenoxy) is 1. The Morgan fingerprint density at radius 2 is 1.90 bits per heavy atom. The summed E-state index contributed by atoms with van der Waals surface area (Å²) in [6.45, 7) is 1.71. The summed E-state index contributed by atoms with van der Waals surface area (Å²) >= 11 is 5.74. The monoisotopic (exact) mass is 307 g/mol. The molecule has 0 atom stereocenters. The van der Waals surface area contributed by atoms with Gasteiger partial charge in [-0.05, 0) is 36.8 Å². The molecule has 0 saturated carbocycles. The highest BCUT2D eigenvalue weighted by Crippen LogP contribution is 2.34. The van der Waals surface area contributed by atoms with Gasteiger partial charge in [-0.1, -0.05) is 17.7 Å². The minimum absolute atomic E-state index is 0.0150. The van der Waals surface area contributed by atoms with Gasteiger partial charge in [-0.25, -0.2) is 4.79 Å². The molecule has 0 spiro atoms. The smallest absolute Gasteiger partial charge is 0.339 e. The summed E-state index contributed by atoms with van der Waals surface area (Å²) in [5.74, 6) is -1.28. The quantitative estimate of drug-likeness (QED) is 0.680. The summed E-state index contributed by atoms with van der Waals surface area (Å²) in [7, 11) is 0. The molecule has 0 aliphatic heterocycles. The Bertz CT molecular complexity index is 668. The minimum atomic E-state index is -1.23. The van der Waals surface area contributed by atoms with Crippen molar-refractivity contribution >= 4 is 23.3 Å². The van der Waals surface area contributed by atoms with Gasteiger partial charge in [-0.3, -0.25) is 10.1 Å². The van der Waals surface area contributed by atoms with E-state index in [1.54, 1.807) is 13.0 Å². The van der Waals surface area contributed by atoms with Gasteiger partial charge in [0.25, 0.3) is 0 Å². The topological polar surface area (TPSA) is 89.7 Å². The molecule has 0 aromatic heterocycles. The second kappa shape index (κ2) is 5.80. The molecule has 108 valence electrons. The van der Waals surface area contributed by atoms with E-state index < -0.39 is 10.9 Å². The molecule has 0 fully saturated rings. The van der Waals surface area contributed by atoms with Crippen LogP contribution in [0.4, 0.5) is 5.69 Å². The molecule has 2 aromatic rings. The van der Waals surface area contributed by atoms with Crippen molar-refractivity contribution in [3.63, 3.8) is 0 Å². The van der Waals surface area contributed by atoms with Gasteiger partial charge in [-0.2, -0.15) is 0 Å². The Morgan fingerprint density at radius 1 is 1.24 bits per heavy atom. The van der Waals surface area contributed by atoms with E-state index in [9.17, 15) is 14.9 Å². The number of nitro groups is 1. The number of hydrogen-bond acceptors (Lipinski definition) is 4. The lowest BCUT2D eigenvalue weighted by Crippen LogP contribution is -2.01. The molecule has 2 rings (SSSR count). The predicted molar refractivity (Wildman–Crippen MR) is 76.3 cm³/mol. The van der Waals surface area contributed by atoms with Crippen molar-refractivity contribution in [3.8, 4) is 11.5 Å². The third kappa shape index (κ3) is 3.29. The first-order valence-corrected chi connectivity index (χ1v) is 6.22. The molecule has 0 unspecified atom stereocenters. The normalized spacial score (nSPS) is 10.2. The van der Waals surface area contributed by atoms with Crippen molar-refractivity contribution in [2.45, 2.75) is 6.92 Å². The highest BCUT2D eigenvalue weighted by Gasteiger charge is 2.19. The number of halogens is 1. The first-order valence-electron chi connectivity index (χ1n) is 5.84. The van der Waals surface area contributed by atoms with Crippen molar-refractivity contribution in [1.82, 2.24) is 0 Å². The average Bonchev–Trinajstić information content (AvgIpc) is 2.42. The van der Waals surface area contributed by atoms with Crippen molar-refractivity contribution < 1.29 is 19.6 Å². The number of aryl methyl sites for hydroxylation is 1. The van der Waals surface area contributed by atoms with Crippen LogP contribution in [0.25, 0.3) is 0 Å². The summed E-state index contributed by atoms with van der Waals surface area (Å²) in [4.78, 5) is 21.6. The third-order valence-electron chi connectivity index (χ3n) is 2.70. The average molecular weight is 308 g/mol. The summed E-state index contributed by atoms with van der Waals surface area (Å²) in [6.07, 6.45) is 0. The van der Waals surface area contributed by atoms with Crippen LogP contribution in [-0.2, 0) is 0 Å². The number of carboxylic acids is 1. The lowest BCUT2D eigenvalue weighted by molar-refractivity contribution is -0.385. The zero-order chi connectivity index (χ0) is 15.6. The molecule has 1 N–H and O–H groups in total. The van der Waals surface area contributed by atoms with Crippen LogP contribution < -0.4 is 4.74 Å².